The van der Waals surface area contributed by atoms with Crippen molar-refractivity contribution < 1.29 is 0 Å². The van der Waals surface area contributed by atoms with Crippen molar-refractivity contribution in [2.24, 2.45) is 13.0 Å². The molecule has 2 aromatic heterocycles. The molecule has 126 valence electrons. The van der Waals surface area contributed by atoms with Crippen molar-refractivity contribution in [3.05, 3.63) is 59.8 Å². The van der Waals surface area contributed by atoms with E-state index in [9.17, 15) is 0 Å². The van der Waals surface area contributed by atoms with Gasteiger partial charge in [-0.2, -0.15) is 5.10 Å². The topological polar surface area (TPSA) is 46.8 Å². The lowest BCUT2D eigenvalue weighted by Crippen LogP contribution is -2.27. The third kappa shape index (κ3) is 2.26. The molecule has 1 saturated carbocycles. The number of aryl methyl sites for hydroxylation is 2. The van der Waals surface area contributed by atoms with E-state index in [2.05, 4.69) is 57.5 Å². The van der Waals surface area contributed by atoms with Crippen LogP contribution < -0.4 is 4.90 Å². The van der Waals surface area contributed by atoms with E-state index >= 15 is 0 Å². The Bertz CT molecular complexity index is 912. The van der Waals surface area contributed by atoms with Gasteiger partial charge < -0.3 is 4.90 Å². The van der Waals surface area contributed by atoms with E-state index in [-0.39, 0.29) is 0 Å². The Labute approximate surface area is 147 Å². The molecule has 2 aliphatic rings. The van der Waals surface area contributed by atoms with E-state index in [0.717, 1.165) is 36.2 Å². The third-order valence-electron chi connectivity index (χ3n) is 5.83. The van der Waals surface area contributed by atoms with Crippen molar-refractivity contribution in [1.29, 1.82) is 0 Å². The van der Waals surface area contributed by atoms with E-state index in [1.807, 2.05) is 23.9 Å². The summed E-state index contributed by atoms with van der Waals surface area (Å²) in [4.78, 5) is 2.38. The van der Waals surface area contributed by atoms with E-state index < -0.39 is 0 Å². The Balaban J connectivity index is 1.37. The second-order valence-corrected chi connectivity index (χ2v) is 7.42. The molecule has 3 heterocycles. The monoisotopic (exact) mass is 331 g/mol. The van der Waals surface area contributed by atoms with Gasteiger partial charge in [-0.3, -0.25) is 4.68 Å². The average molecular weight is 331 g/mol. The van der Waals surface area contributed by atoms with Crippen LogP contribution >= 0.6 is 0 Å². The number of anilines is 1. The zero-order chi connectivity index (χ0) is 17.0. The van der Waals surface area contributed by atoms with Gasteiger partial charge >= 0.3 is 0 Å². The molecule has 0 spiro atoms. The maximum atomic E-state index is 4.49. The molecule has 0 bridgehead atoms. The van der Waals surface area contributed by atoms with Crippen LogP contribution in [-0.4, -0.2) is 33.1 Å². The molecule has 0 N–H and O–H groups in total. The van der Waals surface area contributed by atoms with Gasteiger partial charge in [0, 0.05) is 31.7 Å². The molecule has 1 saturated heterocycles. The molecular formula is C20H21N5. The number of aromatic nitrogens is 4. The van der Waals surface area contributed by atoms with Crippen molar-refractivity contribution in [3.63, 3.8) is 0 Å². The quantitative estimate of drug-likeness (QED) is 0.740. The maximum absolute atomic E-state index is 4.49. The molecule has 3 aromatic rings. The van der Waals surface area contributed by atoms with Crippen molar-refractivity contribution in [2.75, 3.05) is 18.0 Å². The Morgan fingerprint density at radius 2 is 1.88 bits per heavy atom. The van der Waals surface area contributed by atoms with Gasteiger partial charge in [-0.15, -0.1) is 10.2 Å². The first-order valence-corrected chi connectivity index (χ1v) is 8.80. The molecule has 2 atom stereocenters. The van der Waals surface area contributed by atoms with Gasteiger partial charge in [-0.25, -0.2) is 0 Å². The minimum absolute atomic E-state index is 0.329. The predicted octanol–water partition coefficient (Wildman–Crippen LogP) is 2.96. The minimum atomic E-state index is 0.329. The van der Waals surface area contributed by atoms with Crippen LogP contribution in [-0.2, 0) is 12.5 Å². The molecule has 5 rings (SSSR count). The highest BCUT2D eigenvalue weighted by atomic mass is 15.3. The van der Waals surface area contributed by atoms with E-state index in [0.29, 0.717) is 5.41 Å². The summed E-state index contributed by atoms with van der Waals surface area (Å²) in [5.41, 5.74) is 4.98. The van der Waals surface area contributed by atoms with Crippen molar-refractivity contribution >= 4 is 5.82 Å². The van der Waals surface area contributed by atoms with E-state index in [1.54, 1.807) is 6.20 Å². The molecule has 1 aliphatic heterocycles. The van der Waals surface area contributed by atoms with Crippen LogP contribution in [0.25, 0.3) is 11.4 Å². The average Bonchev–Trinajstić information content (AvgIpc) is 2.97. The molecule has 0 amide bonds. The summed E-state index contributed by atoms with van der Waals surface area (Å²) in [5, 5.41) is 13.1. The summed E-state index contributed by atoms with van der Waals surface area (Å²) in [7, 11) is 1.92. The molecule has 5 nitrogen and oxygen atoms in total. The Morgan fingerprint density at radius 1 is 1.04 bits per heavy atom. The normalized spacial score (nSPS) is 24.4. The van der Waals surface area contributed by atoms with Gasteiger partial charge in [-0.1, -0.05) is 29.8 Å². The summed E-state index contributed by atoms with van der Waals surface area (Å²) in [5.74, 6) is 1.72. The van der Waals surface area contributed by atoms with Gasteiger partial charge in [0.2, 0.25) is 0 Å². The fourth-order valence-corrected chi connectivity index (χ4v) is 4.25. The number of nitrogens with zero attached hydrogens (tertiary/aromatic N) is 5. The summed E-state index contributed by atoms with van der Waals surface area (Å²) in [6.45, 7) is 4.26. The summed E-state index contributed by atoms with van der Waals surface area (Å²) in [6, 6.07) is 15.1. The van der Waals surface area contributed by atoms with Crippen LogP contribution in [0.3, 0.4) is 0 Å². The first kappa shape index (κ1) is 14.6. The first-order chi connectivity index (χ1) is 12.2. The van der Waals surface area contributed by atoms with Crippen LogP contribution in [0.2, 0.25) is 0 Å². The largest absolute Gasteiger partial charge is 0.354 e. The number of piperidine rings is 1. The first-order valence-electron chi connectivity index (χ1n) is 8.80. The Kier molecular flexibility index (Phi) is 3.02. The fourth-order valence-electron chi connectivity index (χ4n) is 4.25. The molecular weight excluding hydrogens is 310 g/mol. The molecule has 5 heteroatoms. The van der Waals surface area contributed by atoms with Crippen molar-refractivity contribution in [3.8, 4) is 11.4 Å². The summed E-state index contributed by atoms with van der Waals surface area (Å²) in [6.07, 6.45) is 3.08. The van der Waals surface area contributed by atoms with Crippen LogP contribution in [0.15, 0.2) is 48.7 Å². The number of hydrogen-bond donors (Lipinski definition) is 0. The lowest BCUT2D eigenvalue weighted by molar-refractivity contribution is 0.710. The SMILES string of the molecule is Cc1ccc(C23CC2CN(c2ccc(-c4ccnn4C)nn2)C3)cc1. The molecule has 1 aromatic carbocycles. The van der Waals surface area contributed by atoms with Gasteiger partial charge in [0.15, 0.2) is 5.82 Å². The lowest BCUT2D eigenvalue weighted by atomic mass is 9.94. The zero-order valence-electron chi connectivity index (χ0n) is 14.6. The molecule has 2 fully saturated rings. The third-order valence-corrected chi connectivity index (χ3v) is 5.83. The predicted molar refractivity (Wildman–Crippen MR) is 97.4 cm³/mol. The standard InChI is InChI=1S/C20H21N5/c1-14-3-5-15(6-4-14)20-11-16(20)12-25(13-20)19-8-7-17(22-23-19)18-9-10-21-24(18)2/h3-10,16H,11-13H2,1-2H3. The van der Waals surface area contributed by atoms with Gasteiger partial charge in [0.05, 0.1) is 5.69 Å². The smallest absolute Gasteiger partial charge is 0.151 e. The molecule has 1 aliphatic carbocycles. The van der Waals surface area contributed by atoms with E-state index in [4.69, 9.17) is 0 Å². The van der Waals surface area contributed by atoms with Gasteiger partial charge in [0.1, 0.15) is 5.69 Å². The van der Waals surface area contributed by atoms with Crippen molar-refractivity contribution in [1.82, 2.24) is 20.0 Å². The lowest BCUT2D eigenvalue weighted by Gasteiger charge is -2.22. The highest BCUT2D eigenvalue weighted by molar-refractivity contribution is 5.56. The Morgan fingerprint density at radius 3 is 2.56 bits per heavy atom. The molecule has 0 radical (unpaired) electrons. The number of fused-ring (bicyclic) bond motifs is 1. The highest BCUT2D eigenvalue weighted by Gasteiger charge is 2.60. The highest BCUT2D eigenvalue weighted by Crippen LogP contribution is 2.59. The summed E-state index contributed by atoms with van der Waals surface area (Å²) >= 11 is 0. The van der Waals surface area contributed by atoms with Crippen LogP contribution in [0.5, 0.6) is 0 Å². The number of hydrogen-bond acceptors (Lipinski definition) is 4. The van der Waals surface area contributed by atoms with Crippen molar-refractivity contribution in [2.45, 2.75) is 18.8 Å². The molecule has 25 heavy (non-hydrogen) atoms. The summed E-state index contributed by atoms with van der Waals surface area (Å²) < 4.78 is 1.82. The van der Waals surface area contributed by atoms with Crippen LogP contribution in [0.4, 0.5) is 5.82 Å². The second kappa shape index (κ2) is 5.15. The fraction of sp³-hybridized carbons (Fsp3) is 0.350. The van der Waals surface area contributed by atoms with Gasteiger partial charge in [0.25, 0.3) is 0 Å². The van der Waals surface area contributed by atoms with Crippen LogP contribution in [0, 0.1) is 12.8 Å². The number of benzene rings is 1. The second-order valence-electron chi connectivity index (χ2n) is 7.42. The zero-order valence-corrected chi connectivity index (χ0v) is 14.6. The molecule has 2 unspecified atom stereocenters. The minimum Gasteiger partial charge on any atom is -0.354 e. The van der Waals surface area contributed by atoms with Crippen LogP contribution in [0.1, 0.15) is 17.5 Å². The van der Waals surface area contributed by atoms with E-state index in [1.165, 1.54) is 17.5 Å². The number of rotatable bonds is 3. The maximum Gasteiger partial charge on any atom is 0.151 e. The van der Waals surface area contributed by atoms with Gasteiger partial charge in [-0.05, 0) is 43.0 Å². The Hall–Kier alpha value is -2.69.